The molecule has 1 aliphatic carbocycles. The van der Waals surface area contributed by atoms with Crippen molar-refractivity contribution >= 4 is 5.91 Å². The summed E-state index contributed by atoms with van der Waals surface area (Å²) < 4.78 is 10.9. The lowest BCUT2D eigenvalue weighted by Crippen LogP contribution is -2.36. The summed E-state index contributed by atoms with van der Waals surface area (Å²) in [6, 6.07) is 3.97. The molecule has 1 aromatic heterocycles. The molecule has 2 atom stereocenters. The third kappa shape index (κ3) is 1.84. The van der Waals surface area contributed by atoms with Crippen LogP contribution in [0.5, 0.6) is 11.6 Å². The Labute approximate surface area is 117 Å². The highest BCUT2D eigenvalue weighted by atomic mass is 16.6. The van der Waals surface area contributed by atoms with Crippen LogP contribution >= 0.6 is 0 Å². The zero-order valence-electron chi connectivity index (χ0n) is 11.4. The lowest BCUT2D eigenvalue weighted by molar-refractivity contribution is 0.0720. The van der Waals surface area contributed by atoms with Crippen LogP contribution in [0, 0.1) is 5.92 Å². The number of amides is 1. The van der Waals surface area contributed by atoms with E-state index in [1.54, 1.807) is 12.1 Å². The number of pyridine rings is 1. The number of hydrogen-bond donors (Lipinski definition) is 0. The number of aromatic nitrogens is 1. The van der Waals surface area contributed by atoms with Crippen molar-refractivity contribution < 1.29 is 14.3 Å². The van der Waals surface area contributed by atoms with Gasteiger partial charge in [0.05, 0.1) is 0 Å². The summed E-state index contributed by atoms with van der Waals surface area (Å²) in [5, 5.41) is 0. The normalized spacial score (nSPS) is 27.5. The van der Waals surface area contributed by atoms with Gasteiger partial charge in [0.25, 0.3) is 11.8 Å². The van der Waals surface area contributed by atoms with Gasteiger partial charge in [-0.2, -0.15) is 0 Å². The number of likely N-dealkylation sites (tertiary alicyclic amines) is 1. The maximum atomic E-state index is 12.6. The van der Waals surface area contributed by atoms with Crippen LogP contribution in [-0.4, -0.2) is 41.6 Å². The van der Waals surface area contributed by atoms with E-state index in [9.17, 15) is 4.79 Å². The maximum Gasteiger partial charge on any atom is 0.272 e. The molecule has 1 saturated heterocycles. The second kappa shape index (κ2) is 4.65. The average Bonchev–Trinajstić information content (AvgIpc) is 3.09. The van der Waals surface area contributed by atoms with Crippen LogP contribution in [-0.2, 0) is 0 Å². The molecule has 1 saturated carbocycles. The summed E-state index contributed by atoms with van der Waals surface area (Å²) in [6.45, 7) is 1.90. The smallest absolute Gasteiger partial charge is 0.272 e. The summed E-state index contributed by atoms with van der Waals surface area (Å²) in [5.74, 6) is 1.82. The van der Waals surface area contributed by atoms with Crippen molar-refractivity contribution in [2.45, 2.75) is 31.7 Å². The predicted octanol–water partition coefficient (Wildman–Crippen LogP) is 1.87. The zero-order chi connectivity index (χ0) is 13.5. The number of carbonyl (C=O) groups excluding carboxylic acids is 1. The molecule has 4 rings (SSSR count). The van der Waals surface area contributed by atoms with E-state index in [-0.39, 0.29) is 5.91 Å². The van der Waals surface area contributed by atoms with Gasteiger partial charge in [0.2, 0.25) is 0 Å². The molecule has 0 radical (unpaired) electrons. The van der Waals surface area contributed by atoms with Crippen LogP contribution in [0.1, 0.15) is 36.2 Å². The summed E-state index contributed by atoms with van der Waals surface area (Å²) in [7, 11) is 0. The molecule has 3 aliphatic rings. The van der Waals surface area contributed by atoms with Crippen molar-refractivity contribution in [2.75, 3.05) is 19.8 Å². The first-order valence-corrected chi connectivity index (χ1v) is 7.40. The number of fused-ring (bicyclic) bond motifs is 2. The van der Waals surface area contributed by atoms with Crippen LogP contribution in [0.2, 0.25) is 0 Å². The fourth-order valence-corrected chi connectivity index (χ4v) is 3.68. The number of ether oxygens (including phenoxy) is 2. The molecule has 3 heterocycles. The van der Waals surface area contributed by atoms with Gasteiger partial charge in [0, 0.05) is 12.6 Å². The van der Waals surface area contributed by atoms with Gasteiger partial charge in [0.1, 0.15) is 18.9 Å². The second-order valence-electron chi connectivity index (χ2n) is 5.74. The highest BCUT2D eigenvalue weighted by Gasteiger charge is 2.40. The maximum absolute atomic E-state index is 12.6. The molecule has 1 amide bonds. The molecular formula is C15H18N2O3. The van der Waals surface area contributed by atoms with Crippen LogP contribution in [0.25, 0.3) is 0 Å². The number of hydrogen-bond acceptors (Lipinski definition) is 4. The van der Waals surface area contributed by atoms with Crippen molar-refractivity contribution in [3.8, 4) is 11.6 Å². The molecule has 106 valence electrons. The summed E-state index contributed by atoms with van der Waals surface area (Å²) in [4.78, 5) is 19.0. The fraction of sp³-hybridized carbons (Fsp3) is 0.600. The van der Waals surface area contributed by atoms with Gasteiger partial charge >= 0.3 is 0 Å². The first kappa shape index (κ1) is 12.0. The van der Waals surface area contributed by atoms with E-state index >= 15 is 0 Å². The zero-order valence-corrected chi connectivity index (χ0v) is 11.4. The number of nitrogens with zero attached hydrogens (tertiary/aromatic N) is 2. The van der Waals surface area contributed by atoms with Gasteiger partial charge in [-0.3, -0.25) is 4.79 Å². The van der Waals surface area contributed by atoms with Gasteiger partial charge in [-0.1, -0.05) is 6.42 Å². The third-order valence-corrected chi connectivity index (χ3v) is 4.65. The fourth-order valence-electron chi connectivity index (χ4n) is 3.68. The Kier molecular flexibility index (Phi) is 2.79. The molecule has 5 nitrogen and oxygen atoms in total. The van der Waals surface area contributed by atoms with E-state index in [0.717, 1.165) is 19.4 Å². The van der Waals surface area contributed by atoms with Crippen molar-refractivity contribution in [1.29, 1.82) is 0 Å². The molecule has 20 heavy (non-hydrogen) atoms. The molecule has 0 spiro atoms. The van der Waals surface area contributed by atoms with Gasteiger partial charge in [-0.25, -0.2) is 4.98 Å². The minimum Gasteiger partial charge on any atom is -0.484 e. The van der Waals surface area contributed by atoms with Gasteiger partial charge in [-0.05, 0) is 37.3 Å². The summed E-state index contributed by atoms with van der Waals surface area (Å²) >= 11 is 0. The molecule has 0 unspecified atom stereocenters. The standard InChI is InChI=1S/C15H18N2O3/c18-15(17-7-6-10-2-1-3-12(10)17)11-4-5-13-14(16-11)20-9-8-19-13/h4-5,10,12H,1-3,6-9H2/t10-,12-/m0/s1. The summed E-state index contributed by atoms with van der Waals surface area (Å²) in [5.41, 5.74) is 0.474. The minimum absolute atomic E-state index is 0.0383. The number of carbonyl (C=O) groups is 1. The molecule has 2 fully saturated rings. The molecule has 2 aliphatic heterocycles. The van der Waals surface area contributed by atoms with Gasteiger partial charge < -0.3 is 14.4 Å². The van der Waals surface area contributed by atoms with Crippen LogP contribution in [0.15, 0.2) is 12.1 Å². The molecule has 1 aromatic rings. The third-order valence-electron chi connectivity index (χ3n) is 4.65. The highest BCUT2D eigenvalue weighted by molar-refractivity contribution is 5.93. The second-order valence-corrected chi connectivity index (χ2v) is 5.74. The molecule has 5 heteroatoms. The van der Waals surface area contributed by atoms with Crippen LogP contribution in [0.4, 0.5) is 0 Å². The molecular weight excluding hydrogens is 256 g/mol. The summed E-state index contributed by atoms with van der Waals surface area (Å²) in [6.07, 6.45) is 4.79. The largest absolute Gasteiger partial charge is 0.484 e. The van der Waals surface area contributed by atoms with Crippen LogP contribution < -0.4 is 9.47 Å². The van der Waals surface area contributed by atoms with E-state index in [4.69, 9.17) is 9.47 Å². The van der Waals surface area contributed by atoms with Crippen molar-refractivity contribution in [2.24, 2.45) is 5.92 Å². The minimum atomic E-state index is 0.0383. The molecule has 0 N–H and O–H groups in total. The lowest BCUT2D eigenvalue weighted by atomic mass is 10.0. The van der Waals surface area contributed by atoms with Crippen LogP contribution in [0.3, 0.4) is 0 Å². The SMILES string of the molecule is O=C(c1ccc2c(n1)OCCO2)N1CC[C@@H]2CCC[C@@H]21. The van der Waals surface area contributed by atoms with E-state index in [2.05, 4.69) is 4.98 Å². The van der Waals surface area contributed by atoms with Gasteiger partial charge in [0.15, 0.2) is 5.75 Å². The Morgan fingerprint density at radius 1 is 1.20 bits per heavy atom. The Morgan fingerprint density at radius 3 is 3.05 bits per heavy atom. The van der Waals surface area contributed by atoms with E-state index in [1.165, 1.54) is 12.8 Å². The number of rotatable bonds is 1. The monoisotopic (exact) mass is 274 g/mol. The first-order chi connectivity index (χ1) is 9.83. The Morgan fingerprint density at radius 2 is 2.10 bits per heavy atom. The Hall–Kier alpha value is -1.78. The topological polar surface area (TPSA) is 51.7 Å². The van der Waals surface area contributed by atoms with Gasteiger partial charge in [-0.15, -0.1) is 0 Å². The van der Waals surface area contributed by atoms with Crippen molar-refractivity contribution in [3.63, 3.8) is 0 Å². The Bertz CT molecular complexity index is 546. The lowest BCUT2D eigenvalue weighted by Gasteiger charge is -2.24. The quantitative estimate of drug-likeness (QED) is 0.784. The average molecular weight is 274 g/mol. The van der Waals surface area contributed by atoms with E-state index in [1.807, 2.05) is 4.90 Å². The Balaban J connectivity index is 1.59. The predicted molar refractivity (Wildman–Crippen MR) is 72.0 cm³/mol. The first-order valence-electron chi connectivity index (χ1n) is 7.40. The van der Waals surface area contributed by atoms with Crippen molar-refractivity contribution in [3.05, 3.63) is 17.8 Å². The van der Waals surface area contributed by atoms with Crippen molar-refractivity contribution in [1.82, 2.24) is 9.88 Å². The molecule has 0 bridgehead atoms. The van der Waals surface area contributed by atoms with E-state index < -0.39 is 0 Å². The van der Waals surface area contributed by atoms with E-state index in [0.29, 0.717) is 42.5 Å². The molecule has 0 aromatic carbocycles. The highest BCUT2D eigenvalue weighted by Crippen LogP contribution is 2.38.